The molecule has 0 aliphatic rings. The van der Waals surface area contributed by atoms with Crippen molar-refractivity contribution in [2.24, 2.45) is 0 Å². The summed E-state index contributed by atoms with van der Waals surface area (Å²) in [5, 5.41) is 0. The molecule has 0 unspecified atom stereocenters. The van der Waals surface area contributed by atoms with Gasteiger partial charge >= 0.3 is 0 Å². The van der Waals surface area contributed by atoms with E-state index in [1.54, 1.807) is 0 Å². The van der Waals surface area contributed by atoms with Crippen molar-refractivity contribution in [3.8, 4) is 21.7 Å². The van der Waals surface area contributed by atoms with Crippen LogP contribution in [0.25, 0.3) is 21.7 Å². The third-order valence-electron chi connectivity index (χ3n) is 4.01. The zero-order valence-corrected chi connectivity index (χ0v) is 14.6. The molecule has 1 amide bonds. The van der Waals surface area contributed by atoms with Crippen LogP contribution in [0.3, 0.4) is 0 Å². The van der Waals surface area contributed by atoms with Gasteiger partial charge in [0.1, 0.15) is 0 Å². The molecule has 121 valence electrons. The first-order valence-electron chi connectivity index (χ1n) is 8.06. The number of hydrogen-bond acceptors (Lipinski definition) is 3. The van der Waals surface area contributed by atoms with Crippen molar-refractivity contribution in [1.82, 2.24) is 9.88 Å². The summed E-state index contributed by atoms with van der Waals surface area (Å²) in [6.07, 6.45) is 0. The van der Waals surface area contributed by atoms with E-state index in [1.807, 2.05) is 61.2 Å². The minimum Gasteiger partial charge on any atom is -0.339 e. The summed E-state index contributed by atoms with van der Waals surface area (Å²) in [4.78, 5) is 19.7. The predicted molar refractivity (Wildman–Crippen MR) is 99.1 cm³/mol. The number of benzene rings is 2. The van der Waals surface area contributed by atoms with Crippen molar-refractivity contribution in [2.45, 2.75) is 13.8 Å². The highest BCUT2D eigenvalue weighted by Crippen LogP contribution is 2.34. The highest BCUT2D eigenvalue weighted by Gasteiger charge is 2.14. The molecule has 3 rings (SSSR count). The van der Waals surface area contributed by atoms with Crippen molar-refractivity contribution in [3.63, 3.8) is 0 Å². The quantitative estimate of drug-likeness (QED) is 0.673. The van der Waals surface area contributed by atoms with Crippen LogP contribution in [0.1, 0.15) is 24.2 Å². The molecule has 24 heavy (non-hydrogen) atoms. The lowest BCUT2D eigenvalue weighted by atomic mass is 10.0. The van der Waals surface area contributed by atoms with Gasteiger partial charge in [-0.15, -0.1) is 11.3 Å². The highest BCUT2D eigenvalue weighted by molar-refractivity contribution is 7.13. The van der Waals surface area contributed by atoms with Crippen LogP contribution >= 0.6 is 11.3 Å². The van der Waals surface area contributed by atoms with Crippen LogP contribution in [-0.2, 0) is 0 Å². The first-order chi connectivity index (χ1) is 11.7. The Labute approximate surface area is 146 Å². The lowest BCUT2D eigenvalue weighted by molar-refractivity contribution is 0.0773. The van der Waals surface area contributed by atoms with Gasteiger partial charge in [-0.25, -0.2) is 4.98 Å². The fourth-order valence-corrected chi connectivity index (χ4v) is 3.40. The molecular weight excluding hydrogens is 316 g/mol. The van der Waals surface area contributed by atoms with Crippen LogP contribution in [0.2, 0.25) is 0 Å². The molecule has 1 heterocycles. The molecule has 3 aromatic rings. The molecule has 4 heteroatoms. The summed E-state index contributed by atoms with van der Waals surface area (Å²) in [6, 6.07) is 17.9. The van der Waals surface area contributed by atoms with E-state index in [2.05, 4.69) is 22.6 Å². The lowest BCUT2D eigenvalue weighted by Crippen LogP contribution is -2.30. The highest BCUT2D eigenvalue weighted by atomic mass is 32.1. The third-order valence-corrected chi connectivity index (χ3v) is 4.83. The van der Waals surface area contributed by atoms with Gasteiger partial charge in [0.25, 0.3) is 5.91 Å². The summed E-state index contributed by atoms with van der Waals surface area (Å²) in [5.41, 5.74) is 6.74. The molecule has 2 aromatic carbocycles. The molecule has 0 saturated heterocycles. The molecule has 0 fully saturated rings. The molecule has 0 N–H and O–H groups in total. The monoisotopic (exact) mass is 335 g/mol. The number of thiazole rings is 1. The Hall–Kier alpha value is -2.46. The number of hydrogen-bond donors (Lipinski definition) is 0. The van der Waals surface area contributed by atoms with Gasteiger partial charge in [-0.3, -0.25) is 4.79 Å². The number of nitrogens with zero attached hydrogens (tertiary/aromatic N) is 2. The summed E-state index contributed by atoms with van der Waals surface area (Å²) in [5.74, 6) is 0.0691. The maximum atomic E-state index is 12.4. The summed E-state index contributed by atoms with van der Waals surface area (Å²) in [6.45, 7) is 5.42. The molecule has 0 atom stereocenters. The van der Waals surface area contributed by atoms with Crippen molar-refractivity contribution in [1.29, 1.82) is 0 Å². The van der Waals surface area contributed by atoms with E-state index in [0.717, 1.165) is 34.8 Å². The Bertz CT molecular complexity index is 805. The third kappa shape index (κ3) is 3.24. The normalized spacial score (nSPS) is 10.6. The summed E-state index contributed by atoms with van der Waals surface area (Å²) < 4.78 is 0. The maximum Gasteiger partial charge on any atom is 0.253 e. The van der Waals surface area contributed by atoms with E-state index in [1.165, 1.54) is 11.3 Å². The van der Waals surface area contributed by atoms with Crippen molar-refractivity contribution in [3.05, 3.63) is 65.7 Å². The van der Waals surface area contributed by atoms with Gasteiger partial charge in [-0.1, -0.05) is 42.5 Å². The number of carbonyl (C=O) groups is 1. The molecular formula is C20H19N2OS. The van der Waals surface area contributed by atoms with Crippen molar-refractivity contribution >= 4 is 17.2 Å². The number of rotatable bonds is 5. The van der Waals surface area contributed by atoms with Gasteiger partial charge in [0.2, 0.25) is 0 Å². The topological polar surface area (TPSA) is 33.2 Å². The number of amides is 1. The van der Waals surface area contributed by atoms with Crippen LogP contribution in [0, 0.1) is 5.51 Å². The predicted octanol–water partition coefficient (Wildman–Crippen LogP) is 4.76. The number of carbonyl (C=O) groups excluding carboxylic acids is 1. The largest absolute Gasteiger partial charge is 0.339 e. The molecule has 0 aliphatic carbocycles. The molecule has 0 saturated carbocycles. The SMILES string of the molecule is CCN(CC)C(=O)c1ccc(-c2n[c]sc2-c2ccccc2)cc1. The van der Waals surface area contributed by atoms with E-state index in [-0.39, 0.29) is 5.91 Å². The standard InChI is InChI=1S/C20H19N2OS/c1-3-22(4-2)20(23)17-12-10-15(11-13-17)18-19(24-14-21-18)16-8-6-5-7-9-16/h5-13H,3-4H2,1-2H3. The first kappa shape index (κ1) is 16.4. The van der Waals surface area contributed by atoms with E-state index >= 15 is 0 Å². The average molecular weight is 335 g/mol. The van der Waals surface area contributed by atoms with Gasteiger partial charge in [-0.2, -0.15) is 0 Å². The Kier molecular flexibility index (Phi) is 5.06. The van der Waals surface area contributed by atoms with E-state index in [9.17, 15) is 4.79 Å². The molecule has 1 radical (unpaired) electrons. The fourth-order valence-electron chi connectivity index (χ4n) is 2.66. The smallest absolute Gasteiger partial charge is 0.253 e. The summed E-state index contributed by atoms with van der Waals surface area (Å²) >= 11 is 1.51. The Morgan fingerprint density at radius 2 is 1.67 bits per heavy atom. The van der Waals surface area contributed by atoms with Crippen LogP contribution in [0.5, 0.6) is 0 Å². The van der Waals surface area contributed by atoms with E-state index in [0.29, 0.717) is 5.56 Å². The van der Waals surface area contributed by atoms with E-state index in [4.69, 9.17) is 0 Å². The molecule has 0 spiro atoms. The number of aromatic nitrogens is 1. The second-order valence-electron chi connectivity index (χ2n) is 5.40. The second kappa shape index (κ2) is 7.41. The Morgan fingerprint density at radius 1 is 1.00 bits per heavy atom. The molecule has 1 aromatic heterocycles. The van der Waals surface area contributed by atoms with Gasteiger partial charge in [-0.05, 0) is 31.5 Å². The van der Waals surface area contributed by atoms with Gasteiger partial charge in [0, 0.05) is 24.2 Å². The first-order valence-corrected chi connectivity index (χ1v) is 8.88. The van der Waals surface area contributed by atoms with Gasteiger partial charge in [0.15, 0.2) is 5.51 Å². The average Bonchev–Trinajstić information content (AvgIpc) is 3.13. The van der Waals surface area contributed by atoms with Gasteiger partial charge < -0.3 is 4.90 Å². The van der Waals surface area contributed by atoms with Crippen molar-refractivity contribution in [2.75, 3.05) is 13.1 Å². The molecule has 0 bridgehead atoms. The Morgan fingerprint density at radius 3 is 2.29 bits per heavy atom. The minimum absolute atomic E-state index is 0.0691. The van der Waals surface area contributed by atoms with Gasteiger partial charge in [0.05, 0.1) is 10.6 Å². The fraction of sp³-hybridized carbons (Fsp3) is 0.200. The zero-order valence-electron chi connectivity index (χ0n) is 13.8. The van der Waals surface area contributed by atoms with Crippen molar-refractivity contribution < 1.29 is 4.79 Å². The Balaban J connectivity index is 1.90. The minimum atomic E-state index is 0.0691. The molecule has 3 nitrogen and oxygen atoms in total. The zero-order chi connectivity index (χ0) is 16.9. The van der Waals surface area contributed by atoms with Crippen LogP contribution in [0.15, 0.2) is 54.6 Å². The maximum absolute atomic E-state index is 12.4. The van der Waals surface area contributed by atoms with E-state index < -0.39 is 0 Å². The van der Waals surface area contributed by atoms with Crippen LogP contribution in [-0.4, -0.2) is 28.9 Å². The summed E-state index contributed by atoms with van der Waals surface area (Å²) in [7, 11) is 0. The lowest BCUT2D eigenvalue weighted by Gasteiger charge is -2.18. The van der Waals surface area contributed by atoms with Crippen LogP contribution < -0.4 is 0 Å². The van der Waals surface area contributed by atoms with Crippen LogP contribution in [0.4, 0.5) is 0 Å². The second-order valence-corrected chi connectivity index (χ2v) is 6.20. The molecule has 0 aliphatic heterocycles.